The number of aldehydes is 1. The first kappa shape index (κ1) is 10.8. The van der Waals surface area contributed by atoms with E-state index in [1.807, 2.05) is 19.1 Å². The highest BCUT2D eigenvalue weighted by Gasteiger charge is 2.14. The van der Waals surface area contributed by atoms with Gasteiger partial charge in [0.15, 0.2) is 6.29 Å². The molecule has 16 heavy (non-hydrogen) atoms. The van der Waals surface area contributed by atoms with E-state index in [4.69, 9.17) is 4.42 Å². The Morgan fingerprint density at radius 3 is 2.50 bits per heavy atom. The van der Waals surface area contributed by atoms with E-state index in [9.17, 15) is 9.00 Å². The molecule has 1 heterocycles. The Bertz CT molecular complexity index is 525. The zero-order valence-corrected chi connectivity index (χ0v) is 9.49. The number of hydrogen-bond acceptors (Lipinski definition) is 3. The molecule has 0 N–H and O–H groups in total. The highest BCUT2D eigenvalue weighted by molar-refractivity contribution is 7.85. The summed E-state index contributed by atoms with van der Waals surface area (Å²) in [5, 5.41) is 0.207. The third kappa shape index (κ3) is 1.97. The molecule has 0 saturated carbocycles. The van der Waals surface area contributed by atoms with E-state index in [1.165, 1.54) is 12.3 Å². The minimum absolute atomic E-state index is 0.207. The number of aryl methyl sites for hydroxylation is 1. The second-order valence-electron chi connectivity index (χ2n) is 3.36. The van der Waals surface area contributed by atoms with Gasteiger partial charge in [0.1, 0.15) is 10.8 Å². The quantitative estimate of drug-likeness (QED) is 0.767. The zero-order chi connectivity index (χ0) is 11.5. The van der Waals surface area contributed by atoms with Crippen molar-refractivity contribution < 1.29 is 13.4 Å². The van der Waals surface area contributed by atoms with Crippen LogP contribution in [0.25, 0.3) is 0 Å². The first-order chi connectivity index (χ1) is 7.72. The fraction of sp³-hybridized carbons (Fsp3) is 0.0833. The summed E-state index contributed by atoms with van der Waals surface area (Å²) in [6.07, 6.45) is 2.01. The van der Waals surface area contributed by atoms with Crippen LogP contribution in [-0.2, 0) is 10.8 Å². The third-order valence-electron chi connectivity index (χ3n) is 2.19. The maximum Gasteiger partial charge on any atom is 0.205 e. The van der Waals surface area contributed by atoms with E-state index in [0.717, 1.165) is 5.56 Å². The smallest absolute Gasteiger partial charge is 0.205 e. The van der Waals surface area contributed by atoms with Crippen LogP contribution in [-0.4, -0.2) is 10.5 Å². The molecule has 1 aromatic heterocycles. The minimum Gasteiger partial charge on any atom is -0.454 e. The lowest BCUT2D eigenvalue weighted by atomic mass is 10.2. The molecule has 0 saturated heterocycles. The van der Waals surface area contributed by atoms with Gasteiger partial charge in [-0.25, -0.2) is 4.21 Å². The van der Waals surface area contributed by atoms with Gasteiger partial charge in [-0.3, -0.25) is 4.79 Å². The van der Waals surface area contributed by atoms with Crippen molar-refractivity contribution in [3.8, 4) is 0 Å². The Morgan fingerprint density at radius 2 is 1.88 bits per heavy atom. The zero-order valence-electron chi connectivity index (χ0n) is 8.67. The number of furan rings is 1. The van der Waals surface area contributed by atoms with E-state index in [1.54, 1.807) is 12.1 Å². The second kappa shape index (κ2) is 4.45. The molecule has 4 heteroatoms. The second-order valence-corrected chi connectivity index (χ2v) is 4.74. The molecule has 1 aromatic carbocycles. The fourth-order valence-corrected chi connectivity index (χ4v) is 2.38. The predicted octanol–water partition coefficient (Wildman–Crippen LogP) is 2.57. The Labute approximate surface area is 95.5 Å². The average molecular weight is 234 g/mol. The molecule has 1 atom stereocenters. The van der Waals surface area contributed by atoms with E-state index >= 15 is 0 Å². The number of benzene rings is 1. The Balaban J connectivity index is 2.39. The molecule has 0 bridgehead atoms. The molecule has 2 rings (SSSR count). The van der Waals surface area contributed by atoms with Crippen molar-refractivity contribution in [1.82, 2.24) is 0 Å². The van der Waals surface area contributed by atoms with Crippen LogP contribution in [0.15, 0.2) is 51.0 Å². The van der Waals surface area contributed by atoms with Gasteiger partial charge in [-0.2, -0.15) is 0 Å². The molecule has 0 amide bonds. The Kier molecular flexibility index (Phi) is 3.01. The van der Waals surface area contributed by atoms with Crippen molar-refractivity contribution in [1.29, 1.82) is 0 Å². The predicted molar refractivity (Wildman–Crippen MR) is 59.9 cm³/mol. The Hall–Kier alpha value is -1.68. The molecule has 0 radical (unpaired) electrons. The summed E-state index contributed by atoms with van der Waals surface area (Å²) in [5.74, 6) is 0. The summed E-state index contributed by atoms with van der Waals surface area (Å²) in [6.45, 7) is 1.95. The van der Waals surface area contributed by atoms with Crippen molar-refractivity contribution in [3.63, 3.8) is 0 Å². The minimum atomic E-state index is -1.43. The Morgan fingerprint density at radius 1 is 1.19 bits per heavy atom. The first-order valence-electron chi connectivity index (χ1n) is 4.73. The van der Waals surface area contributed by atoms with Crippen LogP contribution in [0, 0.1) is 6.92 Å². The molecule has 0 aliphatic rings. The summed E-state index contributed by atoms with van der Waals surface area (Å²) in [7, 11) is -1.43. The van der Waals surface area contributed by atoms with Crippen LogP contribution in [0.5, 0.6) is 0 Å². The van der Waals surface area contributed by atoms with E-state index in [0.29, 0.717) is 16.7 Å². The lowest BCUT2D eigenvalue weighted by molar-refractivity contribution is 0.111. The van der Waals surface area contributed by atoms with Crippen molar-refractivity contribution in [3.05, 3.63) is 47.7 Å². The van der Waals surface area contributed by atoms with Crippen molar-refractivity contribution in [2.45, 2.75) is 16.9 Å². The number of carbonyl (C=O) groups excluding carboxylic acids is 1. The van der Waals surface area contributed by atoms with Crippen LogP contribution in [0.4, 0.5) is 0 Å². The average Bonchev–Trinajstić information content (AvgIpc) is 2.77. The van der Waals surface area contributed by atoms with Gasteiger partial charge in [0.05, 0.1) is 11.8 Å². The lowest BCUT2D eigenvalue weighted by Gasteiger charge is -2.00. The normalized spacial score (nSPS) is 12.3. The number of carbonyl (C=O) groups is 1. The molecule has 2 aromatic rings. The summed E-state index contributed by atoms with van der Waals surface area (Å²) >= 11 is 0. The summed E-state index contributed by atoms with van der Waals surface area (Å²) in [4.78, 5) is 11.3. The van der Waals surface area contributed by atoms with Gasteiger partial charge >= 0.3 is 0 Å². The standard InChI is InChI=1S/C12H10O3S/c1-9-2-4-11(5-3-9)16(14)12-10(8-13)6-7-15-12/h2-8H,1H3/t16-/m1/s1. The molecular weight excluding hydrogens is 224 g/mol. The molecular formula is C12H10O3S. The molecule has 0 aliphatic heterocycles. The maximum absolute atomic E-state index is 12.1. The monoisotopic (exact) mass is 234 g/mol. The van der Waals surface area contributed by atoms with Gasteiger partial charge in [-0.1, -0.05) is 17.7 Å². The van der Waals surface area contributed by atoms with Gasteiger partial charge in [0.2, 0.25) is 5.09 Å². The van der Waals surface area contributed by atoms with Crippen LogP contribution in [0.1, 0.15) is 15.9 Å². The van der Waals surface area contributed by atoms with Crippen LogP contribution in [0.2, 0.25) is 0 Å². The van der Waals surface area contributed by atoms with Gasteiger partial charge in [0, 0.05) is 4.90 Å². The molecule has 0 unspecified atom stereocenters. The molecule has 3 nitrogen and oxygen atoms in total. The van der Waals surface area contributed by atoms with Crippen LogP contribution >= 0.6 is 0 Å². The van der Waals surface area contributed by atoms with Crippen LogP contribution in [0.3, 0.4) is 0 Å². The number of rotatable bonds is 3. The molecule has 82 valence electrons. The van der Waals surface area contributed by atoms with Gasteiger partial charge < -0.3 is 4.42 Å². The van der Waals surface area contributed by atoms with Crippen molar-refractivity contribution in [2.24, 2.45) is 0 Å². The first-order valence-corrected chi connectivity index (χ1v) is 5.88. The van der Waals surface area contributed by atoms with E-state index in [2.05, 4.69) is 0 Å². The van der Waals surface area contributed by atoms with Crippen molar-refractivity contribution in [2.75, 3.05) is 0 Å². The SMILES string of the molecule is Cc1ccc([S@@](=O)c2occc2C=O)cc1. The maximum atomic E-state index is 12.1. The van der Waals surface area contributed by atoms with Gasteiger partial charge in [-0.05, 0) is 25.1 Å². The largest absolute Gasteiger partial charge is 0.454 e. The van der Waals surface area contributed by atoms with Crippen LogP contribution < -0.4 is 0 Å². The number of hydrogen-bond donors (Lipinski definition) is 0. The van der Waals surface area contributed by atoms with E-state index in [-0.39, 0.29) is 5.09 Å². The van der Waals surface area contributed by atoms with E-state index < -0.39 is 10.8 Å². The van der Waals surface area contributed by atoms with Crippen molar-refractivity contribution >= 4 is 17.1 Å². The summed E-state index contributed by atoms with van der Waals surface area (Å²) in [5.41, 5.74) is 1.43. The summed E-state index contributed by atoms with van der Waals surface area (Å²) < 4.78 is 17.1. The fourth-order valence-electron chi connectivity index (χ4n) is 1.31. The highest BCUT2D eigenvalue weighted by Crippen LogP contribution is 2.20. The highest BCUT2D eigenvalue weighted by atomic mass is 32.2. The molecule has 0 aliphatic carbocycles. The lowest BCUT2D eigenvalue weighted by Crippen LogP contribution is -1.94. The molecule has 0 spiro atoms. The topological polar surface area (TPSA) is 47.3 Å². The molecule has 0 fully saturated rings. The third-order valence-corrected chi connectivity index (χ3v) is 3.56. The van der Waals surface area contributed by atoms with Gasteiger partial charge in [-0.15, -0.1) is 0 Å². The van der Waals surface area contributed by atoms with Gasteiger partial charge in [0.25, 0.3) is 0 Å². The summed E-state index contributed by atoms with van der Waals surface area (Å²) in [6, 6.07) is 8.78.